The van der Waals surface area contributed by atoms with E-state index in [1.54, 1.807) is 11.3 Å². The van der Waals surface area contributed by atoms with Crippen LogP contribution in [0.25, 0.3) is 0 Å². The molecule has 0 N–H and O–H groups in total. The average Bonchev–Trinajstić information content (AvgIpc) is 2.93. The minimum atomic E-state index is -0.000575. The van der Waals surface area contributed by atoms with Crippen LogP contribution in [0.1, 0.15) is 55.5 Å². The SMILES string of the molecule is CCC(Oc1cccc(C(C)C)c1)c1nc(CCl)cs1. The van der Waals surface area contributed by atoms with E-state index in [1.807, 2.05) is 17.5 Å². The zero-order valence-electron chi connectivity index (χ0n) is 12.1. The third-order valence-corrected chi connectivity index (χ3v) is 4.42. The van der Waals surface area contributed by atoms with Crippen molar-refractivity contribution in [2.24, 2.45) is 0 Å². The highest BCUT2D eigenvalue weighted by Gasteiger charge is 2.16. The smallest absolute Gasteiger partial charge is 0.150 e. The lowest BCUT2D eigenvalue weighted by Crippen LogP contribution is -2.06. The summed E-state index contributed by atoms with van der Waals surface area (Å²) >= 11 is 7.42. The summed E-state index contributed by atoms with van der Waals surface area (Å²) in [6.45, 7) is 6.48. The summed E-state index contributed by atoms with van der Waals surface area (Å²) in [4.78, 5) is 4.52. The lowest BCUT2D eigenvalue weighted by molar-refractivity contribution is 0.200. The molecule has 1 aromatic heterocycles. The predicted molar refractivity (Wildman–Crippen MR) is 85.9 cm³/mol. The van der Waals surface area contributed by atoms with E-state index < -0.39 is 0 Å². The quantitative estimate of drug-likeness (QED) is 0.654. The highest BCUT2D eigenvalue weighted by molar-refractivity contribution is 7.09. The minimum absolute atomic E-state index is 0.000575. The first-order valence-electron chi connectivity index (χ1n) is 6.91. The van der Waals surface area contributed by atoms with Crippen molar-refractivity contribution in [1.82, 2.24) is 4.98 Å². The molecule has 4 heteroatoms. The molecule has 1 atom stereocenters. The molecule has 2 nitrogen and oxygen atoms in total. The van der Waals surface area contributed by atoms with Crippen LogP contribution in [0.5, 0.6) is 5.75 Å². The van der Waals surface area contributed by atoms with Crippen LogP contribution in [0.2, 0.25) is 0 Å². The van der Waals surface area contributed by atoms with Crippen LogP contribution in [-0.2, 0) is 5.88 Å². The maximum atomic E-state index is 6.10. The van der Waals surface area contributed by atoms with Crippen LogP contribution in [0.4, 0.5) is 0 Å². The van der Waals surface area contributed by atoms with Gasteiger partial charge in [-0.15, -0.1) is 22.9 Å². The van der Waals surface area contributed by atoms with E-state index in [-0.39, 0.29) is 6.10 Å². The molecule has 0 amide bonds. The molecule has 1 aromatic carbocycles. The molecule has 0 bridgehead atoms. The van der Waals surface area contributed by atoms with E-state index in [4.69, 9.17) is 16.3 Å². The van der Waals surface area contributed by atoms with Gasteiger partial charge in [0.2, 0.25) is 0 Å². The zero-order chi connectivity index (χ0) is 14.5. The van der Waals surface area contributed by atoms with E-state index in [9.17, 15) is 0 Å². The molecule has 1 unspecified atom stereocenters. The van der Waals surface area contributed by atoms with Crippen molar-refractivity contribution >= 4 is 22.9 Å². The maximum absolute atomic E-state index is 6.10. The molecule has 0 radical (unpaired) electrons. The van der Waals surface area contributed by atoms with Crippen LogP contribution < -0.4 is 4.74 Å². The number of halogens is 1. The fourth-order valence-corrected chi connectivity index (χ4v) is 3.11. The van der Waals surface area contributed by atoms with E-state index >= 15 is 0 Å². The molecule has 0 saturated heterocycles. The Labute approximate surface area is 129 Å². The number of nitrogens with zero attached hydrogens (tertiary/aromatic N) is 1. The number of hydrogen-bond donors (Lipinski definition) is 0. The molecular weight excluding hydrogens is 290 g/mol. The highest BCUT2D eigenvalue weighted by Crippen LogP contribution is 2.29. The second-order valence-corrected chi connectivity index (χ2v) is 6.21. The number of benzene rings is 1. The lowest BCUT2D eigenvalue weighted by Gasteiger charge is -2.16. The van der Waals surface area contributed by atoms with Crippen molar-refractivity contribution in [2.75, 3.05) is 0 Å². The number of alkyl halides is 1. The van der Waals surface area contributed by atoms with Gasteiger partial charge in [-0.1, -0.05) is 32.9 Å². The summed E-state index contributed by atoms with van der Waals surface area (Å²) in [5, 5.41) is 3.00. The van der Waals surface area contributed by atoms with Gasteiger partial charge < -0.3 is 4.74 Å². The molecule has 0 saturated carbocycles. The fraction of sp³-hybridized carbons (Fsp3) is 0.438. The van der Waals surface area contributed by atoms with Gasteiger partial charge in [0, 0.05) is 5.38 Å². The maximum Gasteiger partial charge on any atom is 0.150 e. The number of thiazole rings is 1. The van der Waals surface area contributed by atoms with Crippen molar-refractivity contribution in [3.05, 3.63) is 45.9 Å². The van der Waals surface area contributed by atoms with Gasteiger partial charge in [-0.2, -0.15) is 0 Å². The summed E-state index contributed by atoms with van der Waals surface area (Å²) in [6.07, 6.45) is 0.889. The molecule has 2 aromatic rings. The van der Waals surface area contributed by atoms with Crippen LogP contribution in [0.15, 0.2) is 29.6 Å². The first-order valence-corrected chi connectivity index (χ1v) is 8.32. The molecule has 108 valence electrons. The third kappa shape index (κ3) is 3.74. The van der Waals surface area contributed by atoms with Crippen molar-refractivity contribution in [3.63, 3.8) is 0 Å². The third-order valence-electron chi connectivity index (χ3n) is 3.16. The first kappa shape index (κ1) is 15.3. The molecule has 0 aliphatic heterocycles. The van der Waals surface area contributed by atoms with E-state index in [0.717, 1.165) is 22.9 Å². The molecule has 0 spiro atoms. The molecule has 2 rings (SSSR count). The second kappa shape index (κ2) is 7.09. The molecule has 0 fully saturated rings. The Morgan fingerprint density at radius 3 is 2.75 bits per heavy atom. The van der Waals surface area contributed by atoms with Gasteiger partial charge in [-0.3, -0.25) is 0 Å². The Hall–Kier alpha value is -1.06. The zero-order valence-corrected chi connectivity index (χ0v) is 13.7. The Balaban J connectivity index is 2.15. The Morgan fingerprint density at radius 2 is 2.15 bits per heavy atom. The molecule has 1 heterocycles. The molecule has 0 aliphatic carbocycles. The Bertz CT molecular complexity index is 553. The summed E-state index contributed by atoms with van der Waals surface area (Å²) in [5.41, 5.74) is 2.21. The van der Waals surface area contributed by atoms with Gasteiger partial charge in [0.05, 0.1) is 11.6 Å². The van der Waals surface area contributed by atoms with Gasteiger partial charge in [-0.05, 0) is 30.0 Å². The molecule has 20 heavy (non-hydrogen) atoms. The van der Waals surface area contributed by atoms with E-state index in [1.165, 1.54) is 5.56 Å². The molecule has 0 aliphatic rings. The summed E-state index contributed by atoms with van der Waals surface area (Å²) in [7, 11) is 0. The first-order chi connectivity index (χ1) is 9.63. The second-order valence-electron chi connectivity index (χ2n) is 5.05. The normalized spacial score (nSPS) is 12.7. The van der Waals surface area contributed by atoms with Gasteiger partial charge in [0.15, 0.2) is 0 Å². The summed E-state index contributed by atoms with van der Waals surface area (Å²) in [6, 6.07) is 8.30. The standard InChI is InChI=1S/C16H20ClNOS/c1-4-15(16-18-13(9-17)10-20-16)19-14-7-5-6-12(8-14)11(2)3/h5-8,10-11,15H,4,9H2,1-3H3. The van der Waals surface area contributed by atoms with E-state index in [2.05, 4.69) is 37.9 Å². The largest absolute Gasteiger partial charge is 0.483 e. The Morgan fingerprint density at radius 1 is 1.35 bits per heavy atom. The number of ether oxygens (including phenoxy) is 1. The van der Waals surface area contributed by atoms with Gasteiger partial charge >= 0.3 is 0 Å². The minimum Gasteiger partial charge on any atom is -0.483 e. The van der Waals surface area contributed by atoms with Crippen molar-refractivity contribution in [2.45, 2.75) is 45.1 Å². The fourth-order valence-electron chi connectivity index (χ4n) is 1.95. The van der Waals surface area contributed by atoms with Crippen LogP contribution in [-0.4, -0.2) is 4.98 Å². The van der Waals surface area contributed by atoms with Gasteiger partial charge in [0.1, 0.15) is 16.9 Å². The van der Waals surface area contributed by atoms with Crippen molar-refractivity contribution in [1.29, 1.82) is 0 Å². The van der Waals surface area contributed by atoms with Crippen molar-refractivity contribution in [3.8, 4) is 5.75 Å². The number of aromatic nitrogens is 1. The monoisotopic (exact) mass is 309 g/mol. The van der Waals surface area contributed by atoms with Crippen LogP contribution in [0.3, 0.4) is 0 Å². The van der Waals surface area contributed by atoms with Gasteiger partial charge in [-0.25, -0.2) is 4.98 Å². The Kier molecular flexibility index (Phi) is 5.44. The number of rotatable bonds is 6. The summed E-state index contributed by atoms with van der Waals surface area (Å²) in [5.74, 6) is 1.86. The average molecular weight is 310 g/mol. The van der Waals surface area contributed by atoms with Crippen LogP contribution in [0, 0.1) is 0 Å². The molecular formula is C16H20ClNOS. The van der Waals surface area contributed by atoms with Crippen LogP contribution >= 0.6 is 22.9 Å². The van der Waals surface area contributed by atoms with E-state index in [0.29, 0.717) is 11.8 Å². The highest BCUT2D eigenvalue weighted by atomic mass is 35.5. The predicted octanol–water partition coefficient (Wildman–Crippen LogP) is 5.54. The lowest BCUT2D eigenvalue weighted by atomic mass is 10.0. The van der Waals surface area contributed by atoms with Crippen molar-refractivity contribution < 1.29 is 4.74 Å². The van der Waals surface area contributed by atoms with Gasteiger partial charge in [0.25, 0.3) is 0 Å². The topological polar surface area (TPSA) is 22.1 Å². The number of hydrogen-bond acceptors (Lipinski definition) is 3. The summed E-state index contributed by atoms with van der Waals surface area (Å²) < 4.78 is 6.10.